The third-order valence-electron chi connectivity index (χ3n) is 4.31. The first-order valence-corrected chi connectivity index (χ1v) is 9.77. The predicted octanol–water partition coefficient (Wildman–Crippen LogP) is 0.641. The molecule has 5 atom stereocenters. The number of esters is 4. The Hall–Kier alpha value is -3.18. The molecule has 176 valence electrons. The zero-order valence-corrected chi connectivity index (χ0v) is 18.1. The van der Waals surface area contributed by atoms with Gasteiger partial charge in [0.1, 0.15) is 18.5 Å². The second-order valence-electron chi connectivity index (χ2n) is 6.99. The molecule has 2 rings (SSSR count). The summed E-state index contributed by atoms with van der Waals surface area (Å²) in [6.07, 6.45) is -6.28. The number of aliphatic hydroxyl groups is 1. The van der Waals surface area contributed by atoms with E-state index < -0.39 is 54.6 Å². The van der Waals surface area contributed by atoms with E-state index in [2.05, 4.69) is 0 Å². The number of hydrogen-bond donors (Lipinski definition) is 1. The quantitative estimate of drug-likeness (QED) is 0.436. The SMILES string of the molecule is CC(=O)OCC1O[C@@H](Oc2ccc(CO)cc2)[C@@H](OC(C)=O)C(OC(C)=O)[C@@H]1OC(C)=O. The van der Waals surface area contributed by atoms with Gasteiger partial charge in [0.2, 0.25) is 12.4 Å². The fraction of sp³-hybridized carbons (Fsp3) is 0.524. The van der Waals surface area contributed by atoms with Crippen molar-refractivity contribution in [3.63, 3.8) is 0 Å². The first kappa shape index (κ1) is 25.1. The van der Waals surface area contributed by atoms with Crippen molar-refractivity contribution in [1.82, 2.24) is 0 Å². The maximum absolute atomic E-state index is 11.8. The number of aliphatic hydroxyl groups excluding tert-OH is 1. The van der Waals surface area contributed by atoms with E-state index in [1.807, 2.05) is 0 Å². The molecule has 0 amide bonds. The van der Waals surface area contributed by atoms with E-state index in [0.29, 0.717) is 11.3 Å². The van der Waals surface area contributed by atoms with Crippen LogP contribution in [0.2, 0.25) is 0 Å². The van der Waals surface area contributed by atoms with Crippen LogP contribution in [-0.2, 0) is 49.5 Å². The summed E-state index contributed by atoms with van der Waals surface area (Å²) in [6.45, 7) is 4.09. The van der Waals surface area contributed by atoms with Gasteiger partial charge in [-0.15, -0.1) is 0 Å². The molecule has 2 unspecified atom stereocenters. The zero-order chi connectivity index (χ0) is 23.8. The van der Waals surface area contributed by atoms with Crippen LogP contribution >= 0.6 is 0 Å². The Labute approximate surface area is 184 Å². The maximum atomic E-state index is 11.8. The average molecular weight is 454 g/mol. The molecule has 1 saturated heterocycles. The lowest BCUT2D eigenvalue weighted by Gasteiger charge is -2.43. The number of hydrogen-bond acceptors (Lipinski definition) is 11. The van der Waals surface area contributed by atoms with E-state index in [-0.39, 0.29) is 13.2 Å². The van der Waals surface area contributed by atoms with Crippen molar-refractivity contribution < 1.29 is 52.7 Å². The minimum Gasteiger partial charge on any atom is -0.463 e. The summed E-state index contributed by atoms with van der Waals surface area (Å²) in [4.78, 5) is 46.6. The first-order valence-electron chi connectivity index (χ1n) is 9.77. The third-order valence-corrected chi connectivity index (χ3v) is 4.31. The normalized spacial score (nSPS) is 24.7. The van der Waals surface area contributed by atoms with Crippen molar-refractivity contribution in [2.24, 2.45) is 0 Å². The molecule has 11 heteroatoms. The lowest BCUT2D eigenvalue weighted by molar-refractivity contribution is -0.288. The van der Waals surface area contributed by atoms with Crippen LogP contribution in [0.15, 0.2) is 24.3 Å². The number of benzene rings is 1. The topological polar surface area (TPSA) is 144 Å². The Bertz CT molecular complexity index is 820. The van der Waals surface area contributed by atoms with E-state index in [0.717, 1.165) is 20.8 Å². The minimum atomic E-state index is -1.31. The summed E-state index contributed by atoms with van der Waals surface area (Å²) >= 11 is 0. The van der Waals surface area contributed by atoms with Gasteiger partial charge in [0.05, 0.1) is 6.61 Å². The lowest BCUT2D eigenvalue weighted by atomic mass is 9.98. The van der Waals surface area contributed by atoms with Gasteiger partial charge < -0.3 is 33.5 Å². The van der Waals surface area contributed by atoms with E-state index in [1.165, 1.54) is 6.92 Å². The van der Waals surface area contributed by atoms with Gasteiger partial charge in [0, 0.05) is 27.7 Å². The Balaban J connectivity index is 2.42. The van der Waals surface area contributed by atoms with Crippen molar-refractivity contribution in [3.8, 4) is 5.75 Å². The molecule has 1 aromatic rings. The Morgan fingerprint density at radius 1 is 0.812 bits per heavy atom. The van der Waals surface area contributed by atoms with Crippen LogP contribution in [-0.4, -0.2) is 66.3 Å². The highest BCUT2D eigenvalue weighted by atomic mass is 16.7. The van der Waals surface area contributed by atoms with Crippen molar-refractivity contribution >= 4 is 23.9 Å². The number of carbonyl (C=O) groups excluding carboxylic acids is 4. The Morgan fingerprint density at radius 3 is 1.84 bits per heavy atom. The third kappa shape index (κ3) is 7.20. The smallest absolute Gasteiger partial charge is 0.303 e. The fourth-order valence-corrected chi connectivity index (χ4v) is 3.09. The van der Waals surface area contributed by atoms with E-state index in [9.17, 15) is 24.3 Å². The summed E-state index contributed by atoms with van der Waals surface area (Å²) < 4.78 is 32.6. The molecule has 1 aromatic carbocycles. The van der Waals surface area contributed by atoms with Crippen LogP contribution in [0, 0.1) is 0 Å². The molecule has 0 spiro atoms. The van der Waals surface area contributed by atoms with Crippen LogP contribution < -0.4 is 4.74 Å². The molecular weight excluding hydrogens is 428 g/mol. The molecule has 32 heavy (non-hydrogen) atoms. The maximum Gasteiger partial charge on any atom is 0.303 e. The first-order chi connectivity index (χ1) is 15.1. The van der Waals surface area contributed by atoms with Crippen molar-refractivity contribution in [3.05, 3.63) is 29.8 Å². The van der Waals surface area contributed by atoms with Crippen molar-refractivity contribution in [1.29, 1.82) is 0 Å². The number of carbonyl (C=O) groups is 4. The molecule has 1 N–H and O–H groups in total. The molecule has 1 heterocycles. The van der Waals surface area contributed by atoms with Crippen LogP contribution in [0.3, 0.4) is 0 Å². The molecule has 0 saturated carbocycles. The van der Waals surface area contributed by atoms with Crippen molar-refractivity contribution in [2.45, 2.75) is 65.0 Å². The monoisotopic (exact) mass is 454 g/mol. The van der Waals surface area contributed by atoms with Gasteiger partial charge in [0.25, 0.3) is 0 Å². The standard InChI is InChI=1S/C21H26O11/c1-11(23)27-10-17-18(28-12(2)24)19(29-13(3)25)20(30-14(4)26)21(32-17)31-16-7-5-15(9-22)6-8-16/h5-8,17-22H,9-10H2,1-4H3/t17?,18-,19?,20+,21-/m1/s1. The van der Waals surface area contributed by atoms with Crippen LogP contribution in [0.25, 0.3) is 0 Å². The summed E-state index contributed by atoms with van der Waals surface area (Å²) in [5.41, 5.74) is 0.638. The van der Waals surface area contributed by atoms with Gasteiger partial charge in [-0.2, -0.15) is 0 Å². The van der Waals surface area contributed by atoms with Crippen molar-refractivity contribution in [2.75, 3.05) is 6.61 Å². The molecule has 1 aliphatic rings. The van der Waals surface area contributed by atoms with Gasteiger partial charge in [0.15, 0.2) is 12.2 Å². The van der Waals surface area contributed by atoms with Gasteiger partial charge in [-0.25, -0.2) is 0 Å². The predicted molar refractivity (Wildman–Crippen MR) is 105 cm³/mol. The summed E-state index contributed by atoms with van der Waals surface area (Å²) in [5.74, 6) is -2.49. The average Bonchev–Trinajstić information content (AvgIpc) is 2.70. The number of rotatable bonds is 8. The summed E-state index contributed by atoms with van der Waals surface area (Å²) in [6, 6.07) is 6.33. The summed E-state index contributed by atoms with van der Waals surface area (Å²) in [5, 5.41) is 9.20. The highest BCUT2D eigenvalue weighted by Gasteiger charge is 2.53. The molecule has 0 aromatic heterocycles. The van der Waals surface area contributed by atoms with Gasteiger partial charge in [-0.1, -0.05) is 12.1 Å². The molecule has 0 radical (unpaired) electrons. The molecule has 1 aliphatic heterocycles. The van der Waals surface area contributed by atoms with Crippen LogP contribution in [0.1, 0.15) is 33.3 Å². The van der Waals surface area contributed by atoms with E-state index in [4.69, 9.17) is 28.4 Å². The minimum absolute atomic E-state index is 0.167. The van der Waals surface area contributed by atoms with Crippen LogP contribution in [0.4, 0.5) is 0 Å². The highest BCUT2D eigenvalue weighted by molar-refractivity contribution is 5.68. The van der Waals surface area contributed by atoms with Crippen LogP contribution in [0.5, 0.6) is 5.75 Å². The highest BCUT2D eigenvalue weighted by Crippen LogP contribution is 2.31. The zero-order valence-electron chi connectivity index (χ0n) is 18.1. The molecule has 1 fully saturated rings. The molecular formula is C21H26O11. The largest absolute Gasteiger partial charge is 0.463 e. The van der Waals surface area contributed by atoms with E-state index in [1.54, 1.807) is 24.3 Å². The van der Waals surface area contributed by atoms with Gasteiger partial charge in [-0.05, 0) is 17.7 Å². The molecule has 0 bridgehead atoms. The van der Waals surface area contributed by atoms with Gasteiger partial charge in [-0.3, -0.25) is 19.2 Å². The second-order valence-corrected chi connectivity index (χ2v) is 6.99. The lowest BCUT2D eigenvalue weighted by Crippen LogP contribution is -2.63. The fourth-order valence-electron chi connectivity index (χ4n) is 3.09. The Kier molecular flexibility index (Phi) is 8.97. The molecule has 0 aliphatic carbocycles. The van der Waals surface area contributed by atoms with E-state index >= 15 is 0 Å². The summed E-state index contributed by atoms with van der Waals surface area (Å²) in [7, 11) is 0. The number of ether oxygens (including phenoxy) is 6. The second kappa shape index (κ2) is 11.4. The molecule has 11 nitrogen and oxygen atoms in total. The van der Waals surface area contributed by atoms with Gasteiger partial charge >= 0.3 is 23.9 Å². The Morgan fingerprint density at radius 2 is 1.34 bits per heavy atom.